The van der Waals surface area contributed by atoms with E-state index in [1.54, 1.807) is 24.7 Å². The van der Waals surface area contributed by atoms with Crippen LogP contribution in [0.25, 0.3) is 10.9 Å². The zero-order valence-electron chi connectivity index (χ0n) is 14.4. The van der Waals surface area contributed by atoms with Crippen LogP contribution in [0.4, 0.5) is 10.2 Å². The van der Waals surface area contributed by atoms with Crippen molar-refractivity contribution in [2.24, 2.45) is 0 Å². The summed E-state index contributed by atoms with van der Waals surface area (Å²) in [5, 5.41) is 0.578. The summed E-state index contributed by atoms with van der Waals surface area (Å²) >= 11 is 0. The minimum Gasteiger partial charge on any atom is -0.362 e. The highest BCUT2D eigenvalue weighted by Gasteiger charge is 2.22. The van der Waals surface area contributed by atoms with Gasteiger partial charge in [-0.2, -0.15) is 0 Å². The number of fused-ring (bicyclic) bond motifs is 2. The number of hydrogen-bond donors (Lipinski definition) is 0. The molecule has 0 N–H and O–H groups in total. The van der Waals surface area contributed by atoms with Crippen LogP contribution < -0.4 is 4.90 Å². The zero-order chi connectivity index (χ0) is 17.4. The lowest BCUT2D eigenvalue weighted by Crippen LogP contribution is -2.32. The quantitative estimate of drug-likeness (QED) is 0.735. The van der Waals surface area contributed by atoms with Gasteiger partial charge in [-0.25, -0.2) is 14.4 Å². The van der Waals surface area contributed by atoms with Gasteiger partial charge in [0.15, 0.2) is 0 Å². The zero-order valence-corrected chi connectivity index (χ0v) is 14.4. The third kappa shape index (κ3) is 2.93. The van der Waals surface area contributed by atoms with E-state index in [1.165, 1.54) is 11.6 Å². The molecule has 5 nitrogen and oxygen atoms in total. The first-order chi connectivity index (χ1) is 12.1. The number of hydrogen-bond acceptors (Lipinski definition) is 5. The van der Waals surface area contributed by atoms with Gasteiger partial charge < -0.3 is 4.90 Å². The van der Waals surface area contributed by atoms with Crippen LogP contribution in [-0.4, -0.2) is 40.5 Å². The summed E-state index contributed by atoms with van der Waals surface area (Å²) in [6, 6.07) is 6.93. The molecule has 25 heavy (non-hydrogen) atoms. The first kappa shape index (κ1) is 15.9. The van der Waals surface area contributed by atoms with Gasteiger partial charge in [-0.1, -0.05) is 6.07 Å². The van der Waals surface area contributed by atoms with E-state index in [0.29, 0.717) is 5.39 Å². The summed E-state index contributed by atoms with van der Waals surface area (Å²) in [5.41, 5.74) is 4.09. The Kier molecular flexibility index (Phi) is 4.05. The molecule has 3 aromatic rings. The van der Waals surface area contributed by atoms with Gasteiger partial charge in [-0.05, 0) is 23.8 Å². The second-order valence-corrected chi connectivity index (χ2v) is 6.58. The minimum absolute atomic E-state index is 0.223. The fraction of sp³-hybridized carbons (Fsp3) is 0.316. The molecule has 0 bridgehead atoms. The average Bonchev–Trinajstić information content (AvgIpc) is 2.63. The van der Waals surface area contributed by atoms with Crippen molar-refractivity contribution in [1.29, 1.82) is 0 Å². The molecule has 1 aromatic carbocycles. The number of nitrogens with zero attached hydrogens (tertiary/aromatic N) is 5. The van der Waals surface area contributed by atoms with Crippen LogP contribution in [0.5, 0.6) is 0 Å². The predicted octanol–water partition coefficient (Wildman–Crippen LogP) is 2.79. The molecule has 0 aliphatic carbocycles. The van der Waals surface area contributed by atoms with Crippen LogP contribution in [0.3, 0.4) is 0 Å². The fourth-order valence-corrected chi connectivity index (χ4v) is 3.47. The monoisotopic (exact) mass is 337 g/mol. The predicted molar refractivity (Wildman–Crippen MR) is 95.9 cm³/mol. The SMILES string of the molecule is CN(C)c1ncnc2c1CN(Cc1ccc(F)c3cccnc13)CC2. The molecule has 6 heteroatoms. The molecule has 0 atom stereocenters. The number of pyridine rings is 1. The Bertz CT molecular complexity index is 925. The van der Waals surface area contributed by atoms with Crippen LogP contribution in [0, 0.1) is 5.82 Å². The van der Waals surface area contributed by atoms with Crippen LogP contribution in [0.15, 0.2) is 36.8 Å². The molecule has 1 aliphatic rings. The largest absolute Gasteiger partial charge is 0.362 e. The molecule has 0 radical (unpaired) electrons. The van der Waals surface area contributed by atoms with Crippen molar-refractivity contribution in [3.05, 3.63) is 59.4 Å². The number of rotatable bonds is 3. The maximum Gasteiger partial charge on any atom is 0.136 e. The van der Waals surface area contributed by atoms with Gasteiger partial charge in [0, 0.05) is 57.3 Å². The first-order valence-corrected chi connectivity index (χ1v) is 8.38. The summed E-state index contributed by atoms with van der Waals surface area (Å²) in [6.45, 7) is 2.44. The lowest BCUT2D eigenvalue weighted by Gasteiger charge is -2.30. The summed E-state index contributed by atoms with van der Waals surface area (Å²) in [6.07, 6.45) is 4.25. The average molecular weight is 337 g/mol. The topological polar surface area (TPSA) is 45.2 Å². The lowest BCUT2D eigenvalue weighted by atomic mass is 10.0. The molecule has 0 amide bonds. The Labute approximate surface area is 146 Å². The van der Waals surface area contributed by atoms with Crippen molar-refractivity contribution in [1.82, 2.24) is 19.9 Å². The van der Waals surface area contributed by atoms with Crippen molar-refractivity contribution >= 4 is 16.7 Å². The maximum atomic E-state index is 14.0. The van der Waals surface area contributed by atoms with E-state index in [0.717, 1.165) is 48.6 Å². The van der Waals surface area contributed by atoms with Gasteiger partial charge in [0.1, 0.15) is 18.0 Å². The van der Waals surface area contributed by atoms with Gasteiger partial charge in [-0.3, -0.25) is 9.88 Å². The van der Waals surface area contributed by atoms with Crippen LogP contribution in [0.2, 0.25) is 0 Å². The van der Waals surface area contributed by atoms with E-state index in [4.69, 9.17) is 0 Å². The molecule has 2 aromatic heterocycles. The number of anilines is 1. The summed E-state index contributed by atoms with van der Waals surface area (Å²) in [7, 11) is 4.00. The lowest BCUT2D eigenvalue weighted by molar-refractivity contribution is 0.244. The van der Waals surface area contributed by atoms with Gasteiger partial charge in [0.2, 0.25) is 0 Å². The summed E-state index contributed by atoms with van der Waals surface area (Å²) in [5.74, 6) is 0.746. The molecular formula is C19H20FN5. The van der Waals surface area contributed by atoms with Crippen molar-refractivity contribution in [3.8, 4) is 0 Å². The molecule has 0 saturated carbocycles. The molecule has 128 valence electrons. The summed E-state index contributed by atoms with van der Waals surface area (Å²) < 4.78 is 14.0. The smallest absolute Gasteiger partial charge is 0.136 e. The normalized spacial score (nSPS) is 14.5. The van der Waals surface area contributed by atoms with Crippen molar-refractivity contribution in [2.75, 3.05) is 25.5 Å². The number of benzene rings is 1. The second kappa shape index (κ2) is 6.37. The van der Waals surface area contributed by atoms with Gasteiger partial charge in [0.25, 0.3) is 0 Å². The number of aromatic nitrogens is 3. The summed E-state index contributed by atoms with van der Waals surface area (Å²) in [4.78, 5) is 17.6. The molecular weight excluding hydrogens is 317 g/mol. The molecule has 0 unspecified atom stereocenters. The van der Waals surface area contributed by atoms with Crippen molar-refractivity contribution < 1.29 is 4.39 Å². The number of halogens is 1. The van der Waals surface area contributed by atoms with E-state index in [1.807, 2.05) is 25.1 Å². The van der Waals surface area contributed by atoms with Gasteiger partial charge in [-0.15, -0.1) is 0 Å². The molecule has 1 aliphatic heterocycles. The van der Waals surface area contributed by atoms with E-state index in [2.05, 4.69) is 19.9 Å². The fourth-order valence-electron chi connectivity index (χ4n) is 3.47. The third-order valence-corrected chi connectivity index (χ3v) is 4.68. The Balaban J connectivity index is 1.65. The van der Waals surface area contributed by atoms with Crippen molar-refractivity contribution in [2.45, 2.75) is 19.5 Å². The molecule has 0 fully saturated rings. The van der Waals surface area contributed by atoms with Crippen LogP contribution in [-0.2, 0) is 19.5 Å². The highest BCUT2D eigenvalue weighted by molar-refractivity contribution is 5.82. The Hall–Kier alpha value is -2.60. The minimum atomic E-state index is -0.223. The van der Waals surface area contributed by atoms with Crippen molar-refractivity contribution in [3.63, 3.8) is 0 Å². The van der Waals surface area contributed by atoms with E-state index >= 15 is 0 Å². The highest BCUT2D eigenvalue weighted by atomic mass is 19.1. The Morgan fingerprint density at radius 1 is 1.16 bits per heavy atom. The van der Waals surface area contributed by atoms with E-state index in [9.17, 15) is 4.39 Å². The van der Waals surface area contributed by atoms with Crippen LogP contribution in [0.1, 0.15) is 16.8 Å². The Morgan fingerprint density at radius 2 is 2.04 bits per heavy atom. The van der Waals surface area contributed by atoms with E-state index in [-0.39, 0.29) is 5.82 Å². The molecule has 0 saturated heterocycles. The second-order valence-electron chi connectivity index (χ2n) is 6.58. The van der Waals surface area contributed by atoms with Gasteiger partial charge in [0.05, 0.1) is 11.2 Å². The Morgan fingerprint density at radius 3 is 2.88 bits per heavy atom. The molecule has 0 spiro atoms. The maximum absolute atomic E-state index is 14.0. The van der Waals surface area contributed by atoms with Crippen LogP contribution >= 0.6 is 0 Å². The molecule has 4 rings (SSSR count). The van der Waals surface area contributed by atoms with E-state index < -0.39 is 0 Å². The standard InChI is InChI=1S/C19H20FN5/c1-24(2)19-15-11-25(9-7-17(15)22-12-23-19)10-13-5-6-16(20)14-4-3-8-21-18(13)14/h3-6,8,12H,7,9-11H2,1-2H3. The molecule has 3 heterocycles. The first-order valence-electron chi connectivity index (χ1n) is 8.38. The van der Waals surface area contributed by atoms with Gasteiger partial charge >= 0.3 is 0 Å². The third-order valence-electron chi connectivity index (χ3n) is 4.68. The highest BCUT2D eigenvalue weighted by Crippen LogP contribution is 2.27.